The van der Waals surface area contributed by atoms with Gasteiger partial charge >= 0.3 is 6.03 Å². The number of carbonyl (C=O) groups is 2. The fourth-order valence-electron chi connectivity index (χ4n) is 3.68. The first-order valence-electron chi connectivity index (χ1n) is 8.92. The molecular weight excluding hydrogens is 318 g/mol. The molecule has 2 heterocycles. The molecule has 2 fully saturated rings. The summed E-state index contributed by atoms with van der Waals surface area (Å²) in [6.07, 6.45) is 2.50. The van der Waals surface area contributed by atoms with Crippen LogP contribution in [0.25, 0.3) is 0 Å². The van der Waals surface area contributed by atoms with Gasteiger partial charge in [-0.2, -0.15) is 0 Å². The number of hydrogen-bond acceptors (Lipinski definition) is 3. The average molecular weight is 345 g/mol. The van der Waals surface area contributed by atoms with Crippen molar-refractivity contribution < 1.29 is 14.3 Å². The van der Waals surface area contributed by atoms with Gasteiger partial charge in [-0.15, -0.1) is 0 Å². The van der Waals surface area contributed by atoms with Gasteiger partial charge in [-0.3, -0.25) is 4.79 Å². The lowest BCUT2D eigenvalue weighted by molar-refractivity contribution is -0.145. The van der Waals surface area contributed by atoms with Crippen LogP contribution < -0.4 is 4.74 Å². The van der Waals surface area contributed by atoms with Crippen LogP contribution in [0, 0.1) is 5.92 Å². The first kappa shape index (κ1) is 17.6. The van der Waals surface area contributed by atoms with E-state index in [2.05, 4.69) is 6.07 Å². The Hall–Kier alpha value is -2.24. The molecule has 1 atom stereocenters. The van der Waals surface area contributed by atoms with Crippen LogP contribution in [0.15, 0.2) is 24.3 Å². The molecule has 6 nitrogen and oxygen atoms in total. The molecule has 0 radical (unpaired) electrons. The standard InChI is InChI=1S/C19H27N3O3/c1-20(2)19(24)21-10-7-14(8-11-21)18(23)22-12-9-17(22)15-5-4-6-16(13-15)25-3/h4-6,13-14,17H,7-12H2,1-3H3. The Morgan fingerprint density at radius 1 is 1.12 bits per heavy atom. The van der Waals surface area contributed by atoms with Crippen molar-refractivity contribution in [3.63, 3.8) is 0 Å². The third-order valence-corrected chi connectivity index (χ3v) is 5.28. The molecule has 0 aliphatic carbocycles. The Morgan fingerprint density at radius 2 is 1.84 bits per heavy atom. The highest BCUT2D eigenvalue weighted by Crippen LogP contribution is 2.37. The van der Waals surface area contributed by atoms with Gasteiger partial charge in [0.1, 0.15) is 5.75 Å². The summed E-state index contributed by atoms with van der Waals surface area (Å²) < 4.78 is 5.29. The maximum Gasteiger partial charge on any atom is 0.319 e. The monoisotopic (exact) mass is 345 g/mol. The number of piperidine rings is 1. The quantitative estimate of drug-likeness (QED) is 0.845. The number of benzene rings is 1. The van der Waals surface area contributed by atoms with Crippen LogP contribution in [-0.4, -0.2) is 67.5 Å². The van der Waals surface area contributed by atoms with Gasteiger partial charge in [0.05, 0.1) is 13.2 Å². The molecule has 0 spiro atoms. The first-order valence-corrected chi connectivity index (χ1v) is 8.92. The molecule has 1 unspecified atom stereocenters. The third-order valence-electron chi connectivity index (χ3n) is 5.28. The van der Waals surface area contributed by atoms with Crippen molar-refractivity contribution in [1.29, 1.82) is 0 Å². The molecule has 3 amide bonds. The Morgan fingerprint density at radius 3 is 2.40 bits per heavy atom. The molecule has 0 bridgehead atoms. The van der Waals surface area contributed by atoms with E-state index in [1.807, 2.05) is 28.0 Å². The lowest BCUT2D eigenvalue weighted by Crippen LogP contribution is -2.51. The molecule has 2 saturated heterocycles. The Bertz CT molecular complexity index is 639. The van der Waals surface area contributed by atoms with E-state index < -0.39 is 0 Å². The van der Waals surface area contributed by atoms with Gasteiger partial charge in [-0.25, -0.2) is 4.79 Å². The largest absolute Gasteiger partial charge is 0.497 e. The molecule has 25 heavy (non-hydrogen) atoms. The Balaban J connectivity index is 1.59. The second-order valence-corrected chi connectivity index (χ2v) is 7.05. The smallest absolute Gasteiger partial charge is 0.319 e. The van der Waals surface area contributed by atoms with Crippen LogP contribution in [0.2, 0.25) is 0 Å². The number of rotatable bonds is 3. The summed E-state index contributed by atoms with van der Waals surface area (Å²) in [6, 6.07) is 8.16. The summed E-state index contributed by atoms with van der Waals surface area (Å²) in [5.41, 5.74) is 1.14. The molecule has 0 aromatic heterocycles. The molecule has 2 aliphatic rings. The molecule has 6 heteroatoms. The van der Waals surface area contributed by atoms with E-state index >= 15 is 0 Å². The van der Waals surface area contributed by atoms with Gasteiger partial charge in [0.25, 0.3) is 0 Å². The lowest BCUT2D eigenvalue weighted by atomic mass is 9.89. The van der Waals surface area contributed by atoms with E-state index in [1.54, 1.807) is 26.1 Å². The van der Waals surface area contributed by atoms with Gasteiger partial charge in [-0.05, 0) is 37.0 Å². The van der Waals surface area contributed by atoms with E-state index in [0.717, 1.165) is 37.1 Å². The average Bonchev–Trinajstić information content (AvgIpc) is 2.60. The second kappa shape index (κ2) is 7.33. The van der Waals surface area contributed by atoms with Crippen molar-refractivity contribution in [1.82, 2.24) is 14.7 Å². The number of ether oxygens (including phenoxy) is 1. The van der Waals surface area contributed by atoms with E-state index in [1.165, 1.54) is 0 Å². The van der Waals surface area contributed by atoms with Gasteiger partial charge < -0.3 is 19.4 Å². The predicted octanol–water partition coefficient (Wildman–Crippen LogP) is 2.36. The molecule has 136 valence electrons. The van der Waals surface area contributed by atoms with Gasteiger partial charge in [0, 0.05) is 39.6 Å². The van der Waals surface area contributed by atoms with Crippen LogP contribution in [0.3, 0.4) is 0 Å². The van der Waals surface area contributed by atoms with E-state index in [-0.39, 0.29) is 23.9 Å². The maximum absolute atomic E-state index is 12.9. The number of urea groups is 1. The highest BCUT2D eigenvalue weighted by atomic mass is 16.5. The van der Waals surface area contributed by atoms with Crippen molar-refractivity contribution in [3.8, 4) is 5.75 Å². The minimum atomic E-state index is 0.0274. The number of methoxy groups -OCH3 is 1. The van der Waals surface area contributed by atoms with Crippen LogP contribution >= 0.6 is 0 Å². The number of hydrogen-bond donors (Lipinski definition) is 0. The van der Waals surface area contributed by atoms with E-state index in [0.29, 0.717) is 13.1 Å². The van der Waals surface area contributed by atoms with Crippen molar-refractivity contribution in [3.05, 3.63) is 29.8 Å². The first-order chi connectivity index (χ1) is 12.0. The molecule has 1 aromatic carbocycles. The minimum absolute atomic E-state index is 0.0274. The minimum Gasteiger partial charge on any atom is -0.497 e. The highest BCUT2D eigenvalue weighted by Gasteiger charge is 2.38. The fourth-order valence-corrected chi connectivity index (χ4v) is 3.68. The van der Waals surface area contributed by atoms with Crippen LogP contribution in [-0.2, 0) is 4.79 Å². The van der Waals surface area contributed by atoms with Crippen LogP contribution in [0.4, 0.5) is 4.79 Å². The zero-order chi connectivity index (χ0) is 18.0. The van der Waals surface area contributed by atoms with Crippen molar-refractivity contribution in [2.45, 2.75) is 25.3 Å². The SMILES string of the molecule is COc1cccc(C2CCN2C(=O)C2CCN(C(=O)N(C)C)CC2)c1. The highest BCUT2D eigenvalue weighted by molar-refractivity contribution is 5.81. The lowest BCUT2D eigenvalue weighted by Gasteiger charge is -2.44. The summed E-state index contributed by atoms with van der Waals surface area (Å²) in [6.45, 7) is 2.13. The molecule has 3 rings (SSSR count). The molecular formula is C19H27N3O3. The van der Waals surface area contributed by atoms with Crippen LogP contribution in [0.1, 0.15) is 30.9 Å². The van der Waals surface area contributed by atoms with Gasteiger partial charge in [0.15, 0.2) is 0 Å². The summed E-state index contributed by atoms with van der Waals surface area (Å²) in [7, 11) is 5.18. The summed E-state index contributed by atoms with van der Waals surface area (Å²) in [5.74, 6) is 1.09. The topological polar surface area (TPSA) is 53.1 Å². The number of nitrogens with zero attached hydrogens (tertiary/aromatic N) is 3. The van der Waals surface area contributed by atoms with E-state index in [9.17, 15) is 9.59 Å². The summed E-state index contributed by atoms with van der Waals surface area (Å²) in [5, 5.41) is 0. The third kappa shape index (κ3) is 3.57. The van der Waals surface area contributed by atoms with Crippen molar-refractivity contribution >= 4 is 11.9 Å². The van der Waals surface area contributed by atoms with E-state index in [4.69, 9.17) is 4.74 Å². The van der Waals surface area contributed by atoms with Gasteiger partial charge in [0.2, 0.25) is 5.91 Å². The van der Waals surface area contributed by atoms with Crippen LogP contribution in [0.5, 0.6) is 5.75 Å². The van der Waals surface area contributed by atoms with Gasteiger partial charge in [-0.1, -0.05) is 12.1 Å². The Kier molecular flexibility index (Phi) is 5.16. The molecule has 1 aromatic rings. The number of likely N-dealkylation sites (tertiary alicyclic amines) is 2. The summed E-state index contributed by atoms with van der Waals surface area (Å²) >= 11 is 0. The normalized spacial score (nSPS) is 20.8. The van der Waals surface area contributed by atoms with Crippen molar-refractivity contribution in [2.75, 3.05) is 40.8 Å². The molecule has 0 N–H and O–H groups in total. The number of amides is 3. The second-order valence-electron chi connectivity index (χ2n) is 7.05. The zero-order valence-corrected chi connectivity index (χ0v) is 15.3. The maximum atomic E-state index is 12.9. The fraction of sp³-hybridized carbons (Fsp3) is 0.579. The number of carbonyl (C=O) groups excluding carboxylic acids is 2. The Labute approximate surface area is 149 Å². The molecule has 2 aliphatic heterocycles. The zero-order valence-electron chi connectivity index (χ0n) is 15.3. The predicted molar refractivity (Wildman–Crippen MR) is 95.4 cm³/mol. The summed E-state index contributed by atoms with van der Waals surface area (Å²) in [4.78, 5) is 30.3. The van der Waals surface area contributed by atoms with Crippen molar-refractivity contribution in [2.24, 2.45) is 5.92 Å². The molecule has 0 saturated carbocycles.